The predicted molar refractivity (Wildman–Crippen MR) is 197 cm³/mol. The normalized spacial score (nSPS) is 12.8. The first kappa shape index (κ1) is 27.4. The molecule has 0 atom stereocenters. The van der Waals surface area contributed by atoms with Gasteiger partial charge in [0.1, 0.15) is 0 Å². The number of hydrogen-bond acceptors (Lipinski definition) is 2. The van der Waals surface area contributed by atoms with Crippen molar-refractivity contribution in [2.45, 2.75) is 42.4 Å². The van der Waals surface area contributed by atoms with Gasteiger partial charge in [-0.3, -0.25) is 0 Å². The van der Waals surface area contributed by atoms with E-state index in [9.17, 15) is 0 Å². The van der Waals surface area contributed by atoms with Gasteiger partial charge in [0.2, 0.25) is 0 Å². The maximum Gasteiger partial charge on any atom is 0.0554 e. The highest BCUT2D eigenvalue weighted by Crippen LogP contribution is 2.50. The lowest BCUT2D eigenvalue weighted by Crippen LogP contribution is -2.22. The van der Waals surface area contributed by atoms with E-state index in [1.807, 2.05) is 11.8 Å². The lowest BCUT2D eigenvalue weighted by atomic mass is 10.1. The Balaban J connectivity index is 1.20. The van der Waals surface area contributed by atoms with Gasteiger partial charge in [-0.25, -0.2) is 0 Å². The van der Waals surface area contributed by atoms with Crippen molar-refractivity contribution in [3.05, 3.63) is 133 Å². The number of rotatable bonds is 7. The Morgan fingerprint density at radius 3 is 1.28 bits per heavy atom. The second-order valence-corrected chi connectivity index (χ2v) is 13.4. The summed E-state index contributed by atoms with van der Waals surface area (Å²) in [6, 6.07) is 49.3. The molecule has 224 valence electrons. The minimum atomic E-state index is 1.02. The van der Waals surface area contributed by atoms with Crippen LogP contribution in [0.2, 0.25) is 0 Å². The van der Waals surface area contributed by atoms with Gasteiger partial charge in [0, 0.05) is 49.3 Å². The lowest BCUT2D eigenvalue weighted by molar-refractivity contribution is 0.665. The Kier molecular flexibility index (Phi) is 6.64. The summed E-state index contributed by atoms with van der Waals surface area (Å²) < 4.78 is 4.86. The molecule has 8 aromatic rings. The molecule has 1 aliphatic rings. The zero-order chi connectivity index (χ0) is 30.6. The third kappa shape index (κ3) is 4.28. The van der Waals surface area contributed by atoms with Gasteiger partial charge in [0.05, 0.1) is 33.4 Å². The first-order valence-electron chi connectivity index (χ1n) is 16.5. The van der Waals surface area contributed by atoms with Crippen molar-refractivity contribution in [1.29, 1.82) is 0 Å². The van der Waals surface area contributed by atoms with Gasteiger partial charge in [0.25, 0.3) is 0 Å². The summed E-state index contributed by atoms with van der Waals surface area (Å²) in [5.74, 6) is 0. The molecule has 1 aliphatic heterocycles. The molecule has 0 spiro atoms. The van der Waals surface area contributed by atoms with Crippen molar-refractivity contribution in [2.24, 2.45) is 0 Å². The molecule has 6 aromatic carbocycles. The third-order valence-electron chi connectivity index (χ3n) is 9.60. The fourth-order valence-electron chi connectivity index (χ4n) is 7.48. The van der Waals surface area contributed by atoms with E-state index in [0.29, 0.717) is 0 Å². The van der Waals surface area contributed by atoms with E-state index in [1.165, 1.54) is 102 Å². The number of fused-ring (bicyclic) bond motifs is 8. The van der Waals surface area contributed by atoms with Crippen LogP contribution >= 0.6 is 11.8 Å². The number of anilines is 2. The van der Waals surface area contributed by atoms with E-state index in [-0.39, 0.29) is 0 Å². The van der Waals surface area contributed by atoms with Gasteiger partial charge in [-0.2, -0.15) is 0 Å². The van der Waals surface area contributed by atoms with Crippen molar-refractivity contribution in [3.8, 4) is 11.4 Å². The summed E-state index contributed by atoms with van der Waals surface area (Å²) in [6.45, 7) is 3.30. The Bertz CT molecular complexity index is 2140. The van der Waals surface area contributed by atoms with Gasteiger partial charge in [0.15, 0.2) is 0 Å². The number of benzene rings is 6. The molecule has 0 fully saturated rings. The fourth-order valence-corrected chi connectivity index (χ4v) is 8.64. The minimum Gasteiger partial charge on any atom is -0.340 e. The molecular formula is C42H35N3S. The summed E-state index contributed by atoms with van der Waals surface area (Å²) >= 11 is 1.91. The van der Waals surface area contributed by atoms with Crippen molar-refractivity contribution in [2.75, 3.05) is 11.4 Å². The molecule has 0 amide bonds. The van der Waals surface area contributed by atoms with Crippen LogP contribution in [0.3, 0.4) is 0 Å². The largest absolute Gasteiger partial charge is 0.340 e. The van der Waals surface area contributed by atoms with Crippen LogP contribution in [0.4, 0.5) is 11.4 Å². The summed E-state index contributed by atoms with van der Waals surface area (Å²) in [6.07, 6.45) is 4.96. The topological polar surface area (TPSA) is 13.1 Å². The van der Waals surface area contributed by atoms with Gasteiger partial charge in [-0.15, -0.1) is 0 Å². The standard InChI is InChI=1S/C42H35N3S/c1-2-3-4-13-26-43-39-24-22-29(44-35-18-9-5-14-31(35)32-15-6-10-19-36(32)44)27-41(39)46-42-28-30(23-25-40(42)43)45-37-20-11-7-16-33(37)34-17-8-12-21-38(34)45/h5-12,14-25,27-28H,2-4,13,26H2,1H3. The molecule has 46 heavy (non-hydrogen) atoms. The summed E-state index contributed by atoms with van der Waals surface area (Å²) in [4.78, 5) is 5.19. The SMILES string of the molecule is CCCCCCN1c2ccc(-n3c4ccccc4c4ccccc43)cc2Sc2cc(-n3c4ccccc4c4ccccc43)ccc21. The molecule has 0 aliphatic carbocycles. The monoisotopic (exact) mass is 613 g/mol. The molecule has 0 radical (unpaired) electrons. The number of aromatic nitrogens is 2. The van der Waals surface area contributed by atoms with Crippen molar-refractivity contribution in [1.82, 2.24) is 9.13 Å². The van der Waals surface area contributed by atoms with Crippen LogP contribution in [0.5, 0.6) is 0 Å². The Morgan fingerprint density at radius 1 is 0.457 bits per heavy atom. The van der Waals surface area contributed by atoms with Crippen molar-refractivity contribution in [3.63, 3.8) is 0 Å². The highest BCUT2D eigenvalue weighted by atomic mass is 32.2. The zero-order valence-corrected chi connectivity index (χ0v) is 26.8. The molecule has 0 saturated heterocycles. The van der Waals surface area contributed by atoms with E-state index < -0.39 is 0 Å². The lowest BCUT2D eigenvalue weighted by Gasteiger charge is -2.33. The van der Waals surface area contributed by atoms with Crippen LogP contribution in [-0.2, 0) is 0 Å². The maximum atomic E-state index is 2.57. The zero-order valence-electron chi connectivity index (χ0n) is 26.0. The molecular weight excluding hydrogens is 579 g/mol. The van der Waals surface area contributed by atoms with E-state index >= 15 is 0 Å². The van der Waals surface area contributed by atoms with Crippen LogP contribution in [0.25, 0.3) is 55.0 Å². The molecule has 0 saturated carbocycles. The maximum absolute atomic E-state index is 2.57. The van der Waals surface area contributed by atoms with Gasteiger partial charge in [-0.1, -0.05) is 111 Å². The summed E-state index contributed by atoms with van der Waals surface area (Å²) in [7, 11) is 0. The first-order chi connectivity index (χ1) is 22.8. The average Bonchev–Trinajstić information content (AvgIpc) is 3.62. The van der Waals surface area contributed by atoms with Gasteiger partial charge >= 0.3 is 0 Å². The molecule has 9 rings (SSSR count). The molecule has 3 nitrogen and oxygen atoms in total. The van der Waals surface area contributed by atoms with Crippen molar-refractivity contribution >= 4 is 66.7 Å². The van der Waals surface area contributed by atoms with E-state index in [2.05, 4.69) is 154 Å². The van der Waals surface area contributed by atoms with Crippen LogP contribution in [0, 0.1) is 0 Å². The van der Waals surface area contributed by atoms with E-state index in [4.69, 9.17) is 0 Å². The fraction of sp³-hybridized carbons (Fsp3) is 0.143. The molecule has 4 heteroatoms. The van der Waals surface area contributed by atoms with Crippen LogP contribution < -0.4 is 4.90 Å². The van der Waals surface area contributed by atoms with Crippen molar-refractivity contribution < 1.29 is 0 Å². The highest BCUT2D eigenvalue weighted by molar-refractivity contribution is 7.99. The molecule has 0 unspecified atom stereocenters. The second kappa shape index (κ2) is 11.1. The Hall–Kier alpha value is -4.93. The van der Waals surface area contributed by atoms with Crippen LogP contribution in [0.1, 0.15) is 32.6 Å². The van der Waals surface area contributed by atoms with Crippen LogP contribution in [-0.4, -0.2) is 15.7 Å². The smallest absolute Gasteiger partial charge is 0.0554 e. The van der Waals surface area contributed by atoms with Crippen LogP contribution in [0.15, 0.2) is 143 Å². The number of unbranched alkanes of at least 4 members (excludes halogenated alkanes) is 3. The number of para-hydroxylation sites is 4. The number of nitrogens with zero attached hydrogens (tertiary/aromatic N) is 3. The molecule has 0 N–H and O–H groups in total. The predicted octanol–water partition coefficient (Wildman–Crippen LogP) is 12.1. The quantitative estimate of drug-likeness (QED) is 0.166. The minimum absolute atomic E-state index is 1.02. The van der Waals surface area contributed by atoms with Gasteiger partial charge < -0.3 is 14.0 Å². The highest BCUT2D eigenvalue weighted by Gasteiger charge is 2.25. The van der Waals surface area contributed by atoms with Gasteiger partial charge in [-0.05, 0) is 67.1 Å². The number of hydrogen-bond donors (Lipinski definition) is 0. The summed E-state index contributed by atoms with van der Waals surface area (Å²) in [5, 5.41) is 5.17. The third-order valence-corrected chi connectivity index (χ3v) is 10.7. The van der Waals surface area contributed by atoms with E-state index in [1.54, 1.807) is 0 Å². The second-order valence-electron chi connectivity index (χ2n) is 12.4. The molecule has 2 aromatic heterocycles. The first-order valence-corrected chi connectivity index (χ1v) is 17.3. The Morgan fingerprint density at radius 2 is 0.870 bits per heavy atom. The summed E-state index contributed by atoms with van der Waals surface area (Å²) in [5.41, 5.74) is 10.0. The average molecular weight is 614 g/mol. The van der Waals surface area contributed by atoms with E-state index in [0.717, 1.165) is 6.54 Å². The molecule has 0 bridgehead atoms. The molecule has 3 heterocycles. The Labute approximate surface area is 273 Å².